The van der Waals surface area contributed by atoms with Gasteiger partial charge in [-0.2, -0.15) is 0 Å². The van der Waals surface area contributed by atoms with Crippen LogP contribution >= 0.6 is 23.8 Å². The molecule has 0 radical (unpaired) electrons. The Kier molecular flexibility index (Phi) is 6.73. The van der Waals surface area contributed by atoms with E-state index >= 15 is 0 Å². The molecule has 0 bridgehead atoms. The summed E-state index contributed by atoms with van der Waals surface area (Å²) in [5.74, 6) is 0.531. The van der Waals surface area contributed by atoms with Crippen molar-refractivity contribution in [3.05, 3.63) is 106 Å². The highest BCUT2D eigenvalue weighted by Gasteiger charge is 2.30. The molecule has 0 spiro atoms. The summed E-state index contributed by atoms with van der Waals surface area (Å²) in [5.41, 5.74) is 3.93. The maximum absolute atomic E-state index is 13.1. The predicted molar refractivity (Wildman–Crippen MR) is 132 cm³/mol. The molecule has 0 aromatic heterocycles. The number of rotatable bonds is 6. The van der Waals surface area contributed by atoms with Crippen molar-refractivity contribution >= 4 is 40.5 Å². The number of anilines is 1. The van der Waals surface area contributed by atoms with Crippen LogP contribution in [0.15, 0.2) is 90.1 Å². The Morgan fingerprint density at radius 3 is 2.41 bits per heavy atom. The van der Waals surface area contributed by atoms with Gasteiger partial charge in [-0.25, -0.2) is 0 Å². The highest BCUT2D eigenvalue weighted by molar-refractivity contribution is 7.80. The number of benzene rings is 3. The fraction of sp³-hybridized carbons (Fsp3) is 0.120. The molecule has 1 aliphatic heterocycles. The lowest BCUT2D eigenvalue weighted by molar-refractivity contribution is -0.113. The molecule has 4 rings (SSSR count). The molecule has 162 valence electrons. The van der Waals surface area contributed by atoms with Gasteiger partial charge in [-0.3, -0.25) is 4.79 Å². The lowest BCUT2D eigenvalue weighted by atomic mass is 9.95. The number of amides is 1. The highest BCUT2D eigenvalue weighted by Crippen LogP contribution is 2.29. The molecule has 1 heterocycles. The van der Waals surface area contributed by atoms with Crippen molar-refractivity contribution in [3.63, 3.8) is 0 Å². The number of hydrogen-bond donors (Lipinski definition) is 3. The molecule has 0 saturated heterocycles. The van der Waals surface area contributed by atoms with Crippen molar-refractivity contribution in [2.24, 2.45) is 0 Å². The summed E-state index contributed by atoms with van der Waals surface area (Å²) >= 11 is 11.3. The topological polar surface area (TPSA) is 62.4 Å². The van der Waals surface area contributed by atoms with E-state index < -0.39 is 0 Å². The van der Waals surface area contributed by atoms with E-state index in [9.17, 15) is 4.79 Å². The molecule has 1 amide bonds. The largest absolute Gasteiger partial charge is 0.489 e. The normalized spacial score (nSPS) is 15.6. The summed E-state index contributed by atoms with van der Waals surface area (Å²) in [6.07, 6.45) is 0. The van der Waals surface area contributed by atoms with Crippen molar-refractivity contribution in [1.82, 2.24) is 10.6 Å². The van der Waals surface area contributed by atoms with Crippen molar-refractivity contribution in [3.8, 4) is 5.75 Å². The zero-order valence-electron chi connectivity index (χ0n) is 17.4. The van der Waals surface area contributed by atoms with Crippen LogP contribution in [0.5, 0.6) is 5.75 Å². The summed E-state index contributed by atoms with van der Waals surface area (Å²) in [5, 5.41) is 10.3. The third-order valence-electron chi connectivity index (χ3n) is 5.08. The third kappa shape index (κ3) is 5.28. The van der Waals surface area contributed by atoms with Gasteiger partial charge in [-0.05, 0) is 66.7 Å². The van der Waals surface area contributed by atoms with E-state index in [0.29, 0.717) is 33.7 Å². The zero-order valence-corrected chi connectivity index (χ0v) is 19.0. The molecule has 0 saturated carbocycles. The first-order chi connectivity index (χ1) is 15.5. The van der Waals surface area contributed by atoms with Gasteiger partial charge >= 0.3 is 0 Å². The van der Waals surface area contributed by atoms with Crippen LogP contribution in [0.4, 0.5) is 5.69 Å². The number of nitrogens with one attached hydrogen (secondary N) is 3. The van der Waals surface area contributed by atoms with Gasteiger partial charge in [0.05, 0.1) is 11.6 Å². The van der Waals surface area contributed by atoms with Gasteiger partial charge in [0.2, 0.25) is 0 Å². The summed E-state index contributed by atoms with van der Waals surface area (Å²) in [6.45, 7) is 2.33. The van der Waals surface area contributed by atoms with Gasteiger partial charge < -0.3 is 20.7 Å². The second-order valence-corrected chi connectivity index (χ2v) is 8.22. The Balaban J connectivity index is 1.52. The van der Waals surface area contributed by atoms with Gasteiger partial charge in [0, 0.05) is 16.4 Å². The molecule has 1 atom stereocenters. The zero-order chi connectivity index (χ0) is 22.5. The first-order valence-corrected chi connectivity index (χ1v) is 10.9. The molecule has 0 fully saturated rings. The summed E-state index contributed by atoms with van der Waals surface area (Å²) in [7, 11) is 0. The van der Waals surface area contributed by atoms with Crippen LogP contribution in [0, 0.1) is 0 Å². The minimum Gasteiger partial charge on any atom is -0.489 e. The molecular formula is C25H22ClN3O2S. The van der Waals surface area contributed by atoms with E-state index in [0.717, 1.165) is 16.9 Å². The number of thiocarbonyl (C=S) groups is 1. The van der Waals surface area contributed by atoms with Gasteiger partial charge in [0.25, 0.3) is 5.91 Å². The SMILES string of the molecule is CC1=C(C(=O)Nc2ccc(Cl)cc2)[C@@H](c2ccc(OCc3ccccc3)cc2)NC(=S)N1. The Hall–Kier alpha value is -3.35. The minimum absolute atomic E-state index is 0.221. The molecule has 3 N–H and O–H groups in total. The molecular weight excluding hydrogens is 442 g/mol. The van der Waals surface area contributed by atoms with Crippen LogP contribution in [-0.2, 0) is 11.4 Å². The number of carbonyl (C=O) groups is 1. The number of hydrogen-bond acceptors (Lipinski definition) is 3. The fourth-order valence-electron chi connectivity index (χ4n) is 3.47. The Bertz CT molecular complexity index is 1150. The minimum atomic E-state index is -0.390. The van der Waals surface area contributed by atoms with Crippen LogP contribution in [0.1, 0.15) is 24.1 Å². The smallest absolute Gasteiger partial charge is 0.255 e. The van der Waals surface area contributed by atoms with E-state index in [1.807, 2.05) is 61.5 Å². The van der Waals surface area contributed by atoms with Crippen molar-refractivity contribution in [2.45, 2.75) is 19.6 Å². The van der Waals surface area contributed by atoms with Crippen LogP contribution < -0.4 is 20.7 Å². The lowest BCUT2D eigenvalue weighted by Crippen LogP contribution is -2.45. The van der Waals surface area contributed by atoms with Crippen molar-refractivity contribution in [1.29, 1.82) is 0 Å². The first kappa shape index (κ1) is 21.9. The number of ether oxygens (including phenoxy) is 1. The summed E-state index contributed by atoms with van der Waals surface area (Å²) < 4.78 is 5.88. The molecule has 1 aliphatic rings. The predicted octanol–water partition coefficient (Wildman–Crippen LogP) is 5.35. The van der Waals surface area contributed by atoms with E-state index in [1.165, 1.54) is 0 Å². The van der Waals surface area contributed by atoms with Gasteiger partial charge in [0.15, 0.2) is 5.11 Å². The first-order valence-electron chi connectivity index (χ1n) is 10.1. The molecule has 5 nitrogen and oxygen atoms in total. The summed E-state index contributed by atoms with van der Waals surface area (Å²) in [6, 6.07) is 24.3. The molecule has 3 aromatic rings. The quantitative estimate of drug-likeness (QED) is 0.430. The second-order valence-electron chi connectivity index (χ2n) is 7.37. The maximum atomic E-state index is 13.1. The van der Waals surface area contributed by atoms with Gasteiger partial charge in [-0.15, -0.1) is 0 Å². The molecule has 0 aliphatic carbocycles. The fourth-order valence-corrected chi connectivity index (χ4v) is 3.87. The number of halogens is 1. The molecule has 32 heavy (non-hydrogen) atoms. The summed E-state index contributed by atoms with van der Waals surface area (Å²) in [4.78, 5) is 13.1. The average molecular weight is 464 g/mol. The Labute approximate surface area is 197 Å². The third-order valence-corrected chi connectivity index (χ3v) is 5.55. The lowest BCUT2D eigenvalue weighted by Gasteiger charge is -2.30. The maximum Gasteiger partial charge on any atom is 0.255 e. The average Bonchev–Trinajstić information content (AvgIpc) is 2.79. The van der Waals surface area contributed by atoms with Crippen LogP contribution in [0.3, 0.4) is 0 Å². The van der Waals surface area contributed by atoms with Crippen LogP contribution in [0.2, 0.25) is 5.02 Å². The Morgan fingerprint density at radius 1 is 1.03 bits per heavy atom. The van der Waals surface area contributed by atoms with Gasteiger partial charge in [0.1, 0.15) is 12.4 Å². The highest BCUT2D eigenvalue weighted by atomic mass is 35.5. The molecule has 3 aromatic carbocycles. The van der Waals surface area contributed by atoms with Gasteiger partial charge in [-0.1, -0.05) is 54.1 Å². The van der Waals surface area contributed by atoms with Crippen LogP contribution in [0.25, 0.3) is 0 Å². The number of carbonyl (C=O) groups excluding carboxylic acids is 1. The van der Waals surface area contributed by atoms with Crippen LogP contribution in [-0.4, -0.2) is 11.0 Å². The van der Waals surface area contributed by atoms with Crippen molar-refractivity contribution in [2.75, 3.05) is 5.32 Å². The van der Waals surface area contributed by atoms with E-state index in [2.05, 4.69) is 16.0 Å². The van der Waals surface area contributed by atoms with E-state index in [-0.39, 0.29) is 11.9 Å². The number of allylic oxidation sites excluding steroid dienone is 1. The molecule has 0 unspecified atom stereocenters. The molecule has 7 heteroatoms. The second kappa shape index (κ2) is 9.85. The standard InChI is InChI=1S/C25H22ClN3O2S/c1-16-22(24(30)28-20-11-9-19(26)10-12-20)23(29-25(32)27-16)18-7-13-21(14-8-18)31-15-17-5-3-2-4-6-17/h2-14,23H,15H2,1H3,(H,28,30)(H2,27,29,32)/t23-/m1/s1. The monoisotopic (exact) mass is 463 g/mol. The van der Waals surface area contributed by atoms with E-state index in [4.69, 9.17) is 28.6 Å². The van der Waals surface area contributed by atoms with E-state index in [1.54, 1.807) is 24.3 Å². The Morgan fingerprint density at radius 2 is 1.72 bits per heavy atom. The van der Waals surface area contributed by atoms with Crippen molar-refractivity contribution < 1.29 is 9.53 Å².